The quantitative estimate of drug-likeness (QED) is 0.564. The first-order valence-electron chi connectivity index (χ1n) is 6.24. The molecule has 0 fully saturated rings. The monoisotopic (exact) mass is 296 g/mol. The van der Waals surface area contributed by atoms with Crippen LogP contribution in [0, 0.1) is 0 Å². The van der Waals surface area contributed by atoms with E-state index in [-0.39, 0.29) is 12.4 Å². The first-order chi connectivity index (χ1) is 9.87. The van der Waals surface area contributed by atoms with Crippen molar-refractivity contribution in [3.8, 4) is 5.75 Å². The van der Waals surface area contributed by atoms with Crippen LogP contribution in [-0.4, -0.2) is 40.3 Å². The van der Waals surface area contributed by atoms with Gasteiger partial charge in [-0.05, 0) is 19.1 Å². The zero-order valence-electron chi connectivity index (χ0n) is 11.4. The number of hydrogen-bond acceptors (Lipinski definition) is 6. The zero-order chi connectivity index (χ0) is 15.9. The maximum absolute atomic E-state index is 11.7. The molecule has 0 saturated carbocycles. The van der Waals surface area contributed by atoms with Crippen LogP contribution in [-0.2, 0) is 19.1 Å². The first-order valence-corrected chi connectivity index (χ1v) is 6.24. The molecular formula is C14H16O7. The Morgan fingerprint density at radius 2 is 1.67 bits per heavy atom. The normalized spacial score (nSPS) is 13.0. The maximum atomic E-state index is 11.7. The largest absolute Gasteiger partial charge is 0.479 e. The fourth-order valence-corrected chi connectivity index (χ4v) is 1.56. The summed E-state index contributed by atoms with van der Waals surface area (Å²) in [5.41, 5.74) is -2.56. The van der Waals surface area contributed by atoms with Gasteiger partial charge in [0.15, 0.2) is 5.60 Å². The van der Waals surface area contributed by atoms with Crippen LogP contribution in [0.5, 0.6) is 5.75 Å². The number of aliphatic carboxylic acids is 1. The number of esters is 2. The van der Waals surface area contributed by atoms with Crippen LogP contribution in [0.25, 0.3) is 0 Å². The molecule has 0 spiro atoms. The maximum Gasteiger partial charge on any atom is 0.336 e. The molecule has 0 heterocycles. The Hall–Kier alpha value is -2.41. The Kier molecular flexibility index (Phi) is 5.86. The van der Waals surface area contributed by atoms with E-state index in [1.54, 1.807) is 25.1 Å². The molecule has 1 atom stereocenters. The molecule has 0 bridgehead atoms. The average Bonchev–Trinajstić information content (AvgIpc) is 2.39. The molecule has 0 aliphatic heterocycles. The van der Waals surface area contributed by atoms with E-state index in [1.807, 2.05) is 0 Å². The summed E-state index contributed by atoms with van der Waals surface area (Å²) in [4.78, 5) is 34.1. The summed E-state index contributed by atoms with van der Waals surface area (Å²) in [6.07, 6.45) is -1.70. The SMILES string of the molecule is CCOC(=O)CC(O)(CC(=O)Oc1ccccc1)C(=O)O. The van der Waals surface area contributed by atoms with Gasteiger partial charge < -0.3 is 19.7 Å². The van der Waals surface area contributed by atoms with Gasteiger partial charge in [0.05, 0.1) is 19.4 Å². The second-order valence-corrected chi connectivity index (χ2v) is 4.28. The number of carboxylic acid groups (broad SMARTS) is 1. The summed E-state index contributed by atoms with van der Waals surface area (Å²) >= 11 is 0. The van der Waals surface area contributed by atoms with Gasteiger partial charge in [-0.25, -0.2) is 4.79 Å². The summed E-state index contributed by atoms with van der Waals surface area (Å²) in [5.74, 6) is -3.35. The van der Waals surface area contributed by atoms with E-state index < -0.39 is 36.4 Å². The van der Waals surface area contributed by atoms with Crippen molar-refractivity contribution in [3.05, 3.63) is 30.3 Å². The lowest BCUT2D eigenvalue weighted by Gasteiger charge is -2.21. The molecule has 1 aromatic rings. The number of para-hydroxylation sites is 1. The standard InChI is InChI=1S/C14H16O7/c1-2-20-11(15)8-14(19,13(17)18)9-12(16)21-10-6-4-3-5-7-10/h3-7,19H,2,8-9H2,1H3,(H,17,18). The van der Waals surface area contributed by atoms with Gasteiger partial charge in [-0.15, -0.1) is 0 Å². The third kappa shape index (κ3) is 5.23. The number of rotatable bonds is 7. The number of hydrogen-bond donors (Lipinski definition) is 2. The van der Waals surface area contributed by atoms with Crippen molar-refractivity contribution >= 4 is 17.9 Å². The number of benzene rings is 1. The van der Waals surface area contributed by atoms with Gasteiger partial charge in [0, 0.05) is 0 Å². The van der Waals surface area contributed by atoms with Crippen molar-refractivity contribution in [2.45, 2.75) is 25.4 Å². The van der Waals surface area contributed by atoms with Crippen molar-refractivity contribution in [1.82, 2.24) is 0 Å². The highest BCUT2D eigenvalue weighted by molar-refractivity contribution is 5.89. The molecule has 1 unspecified atom stereocenters. The number of carbonyl (C=O) groups excluding carboxylic acids is 2. The molecule has 7 heteroatoms. The van der Waals surface area contributed by atoms with Gasteiger partial charge >= 0.3 is 17.9 Å². The number of carbonyl (C=O) groups is 3. The third-order valence-electron chi connectivity index (χ3n) is 2.55. The molecule has 7 nitrogen and oxygen atoms in total. The molecular weight excluding hydrogens is 280 g/mol. The van der Waals surface area contributed by atoms with E-state index in [9.17, 15) is 19.5 Å². The van der Waals surface area contributed by atoms with Crippen LogP contribution in [0.2, 0.25) is 0 Å². The Labute approximate surface area is 121 Å². The third-order valence-corrected chi connectivity index (χ3v) is 2.55. The van der Waals surface area contributed by atoms with E-state index in [0.717, 1.165) is 0 Å². The van der Waals surface area contributed by atoms with Crippen molar-refractivity contribution in [1.29, 1.82) is 0 Å². The molecule has 1 rings (SSSR count). The van der Waals surface area contributed by atoms with E-state index >= 15 is 0 Å². The van der Waals surface area contributed by atoms with Gasteiger partial charge in [-0.1, -0.05) is 18.2 Å². The topological polar surface area (TPSA) is 110 Å². The molecule has 0 saturated heterocycles. The van der Waals surface area contributed by atoms with Gasteiger partial charge in [-0.2, -0.15) is 0 Å². The van der Waals surface area contributed by atoms with E-state index in [0.29, 0.717) is 0 Å². The summed E-state index contributed by atoms with van der Waals surface area (Å²) in [6.45, 7) is 1.59. The Morgan fingerprint density at radius 3 is 2.19 bits per heavy atom. The highest BCUT2D eigenvalue weighted by atomic mass is 16.5. The minimum absolute atomic E-state index is 0.0446. The van der Waals surface area contributed by atoms with Crippen LogP contribution in [0.4, 0.5) is 0 Å². The minimum Gasteiger partial charge on any atom is -0.479 e. The fraction of sp³-hybridized carbons (Fsp3) is 0.357. The van der Waals surface area contributed by atoms with Crippen LogP contribution in [0.3, 0.4) is 0 Å². The second-order valence-electron chi connectivity index (χ2n) is 4.28. The fourth-order valence-electron chi connectivity index (χ4n) is 1.56. The molecule has 0 aromatic heterocycles. The van der Waals surface area contributed by atoms with Gasteiger partial charge in [0.25, 0.3) is 0 Å². The molecule has 0 amide bonds. The van der Waals surface area contributed by atoms with E-state index in [2.05, 4.69) is 4.74 Å². The van der Waals surface area contributed by atoms with Crippen LogP contribution >= 0.6 is 0 Å². The number of carboxylic acids is 1. The minimum atomic E-state index is -2.56. The molecule has 21 heavy (non-hydrogen) atoms. The summed E-state index contributed by atoms with van der Waals surface area (Å²) in [6, 6.07) is 7.98. The van der Waals surface area contributed by atoms with Gasteiger partial charge in [0.1, 0.15) is 5.75 Å². The summed E-state index contributed by atoms with van der Waals surface area (Å²) < 4.78 is 9.46. The van der Waals surface area contributed by atoms with Crippen LogP contribution in [0.15, 0.2) is 30.3 Å². The molecule has 2 N–H and O–H groups in total. The highest BCUT2D eigenvalue weighted by Gasteiger charge is 2.42. The lowest BCUT2D eigenvalue weighted by molar-refractivity contribution is -0.171. The van der Waals surface area contributed by atoms with Crippen molar-refractivity contribution < 1.29 is 34.1 Å². The number of ether oxygens (including phenoxy) is 2. The Balaban J connectivity index is 2.71. The van der Waals surface area contributed by atoms with Gasteiger partial charge in [0.2, 0.25) is 0 Å². The zero-order valence-corrected chi connectivity index (χ0v) is 11.4. The first kappa shape index (κ1) is 16.6. The van der Waals surface area contributed by atoms with Crippen molar-refractivity contribution in [2.24, 2.45) is 0 Å². The lowest BCUT2D eigenvalue weighted by atomic mass is 9.96. The molecule has 0 aliphatic carbocycles. The Bertz CT molecular complexity index is 511. The van der Waals surface area contributed by atoms with Crippen LogP contribution < -0.4 is 4.74 Å². The smallest absolute Gasteiger partial charge is 0.336 e. The average molecular weight is 296 g/mol. The van der Waals surface area contributed by atoms with Gasteiger partial charge in [-0.3, -0.25) is 9.59 Å². The lowest BCUT2D eigenvalue weighted by Crippen LogP contribution is -2.43. The molecule has 0 aliphatic rings. The van der Waals surface area contributed by atoms with Crippen molar-refractivity contribution in [2.75, 3.05) is 6.61 Å². The molecule has 0 radical (unpaired) electrons. The molecule has 114 valence electrons. The highest BCUT2D eigenvalue weighted by Crippen LogP contribution is 2.19. The predicted octanol–water partition coefficient (Wildman–Crippen LogP) is 0.751. The van der Waals surface area contributed by atoms with E-state index in [1.165, 1.54) is 12.1 Å². The Morgan fingerprint density at radius 1 is 1.10 bits per heavy atom. The predicted molar refractivity (Wildman–Crippen MR) is 70.5 cm³/mol. The second kappa shape index (κ2) is 7.39. The summed E-state index contributed by atoms with van der Waals surface area (Å²) in [5, 5.41) is 18.9. The number of aliphatic hydroxyl groups is 1. The molecule has 1 aromatic carbocycles. The van der Waals surface area contributed by atoms with E-state index in [4.69, 9.17) is 9.84 Å². The van der Waals surface area contributed by atoms with Crippen LogP contribution in [0.1, 0.15) is 19.8 Å². The summed E-state index contributed by atoms with van der Waals surface area (Å²) in [7, 11) is 0. The van der Waals surface area contributed by atoms with Crippen molar-refractivity contribution in [3.63, 3.8) is 0 Å².